The van der Waals surface area contributed by atoms with E-state index < -0.39 is 0 Å². The normalized spacial score (nSPS) is 16.1. The maximum absolute atomic E-state index is 12.4. The van der Waals surface area contributed by atoms with Crippen LogP contribution in [0.4, 0.5) is 0 Å². The lowest BCUT2D eigenvalue weighted by Crippen LogP contribution is -2.34. The largest absolute Gasteiger partial charge is 0.504 e. The summed E-state index contributed by atoms with van der Waals surface area (Å²) in [4.78, 5) is 14.2. The summed E-state index contributed by atoms with van der Waals surface area (Å²) in [7, 11) is 3.34. The fraction of sp³-hybridized carbons (Fsp3) is 0.611. The lowest BCUT2D eigenvalue weighted by Gasteiger charge is -2.29. The quantitative estimate of drug-likeness (QED) is 0.822. The highest BCUT2D eigenvalue weighted by molar-refractivity contribution is 5.85. The number of hydrogen-bond donors (Lipinski definition) is 2. The lowest BCUT2D eigenvalue weighted by molar-refractivity contribution is -0.131. The second-order valence-corrected chi connectivity index (χ2v) is 6.52. The second-order valence-electron chi connectivity index (χ2n) is 6.52. The summed E-state index contributed by atoms with van der Waals surface area (Å²) in [6.07, 6.45) is 2.90. The number of hydrogen-bond acceptors (Lipinski definition) is 4. The molecule has 1 aromatic carbocycles. The van der Waals surface area contributed by atoms with Crippen LogP contribution in [0.1, 0.15) is 31.7 Å². The molecule has 1 aliphatic heterocycles. The summed E-state index contributed by atoms with van der Waals surface area (Å²) in [5, 5.41) is 13.2. The van der Waals surface area contributed by atoms with E-state index in [1.807, 2.05) is 13.1 Å². The van der Waals surface area contributed by atoms with Gasteiger partial charge in [0, 0.05) is 20.0 Å². The van der Waals surface area contributed by atoms with Gasteiger partial charge >= 0.3 is 0 Å². The van der Waals surface area contributed by atoms with Gasteiger partial charge in [0.25, 0.3) is 0 Å². The molecule has 0 saturated carbocycles. The van der Waals surface area contributed by atoms with Crippen LogP contribution in [-0.2, 0) is 11.3 Å². The summed E-state index contributed by atoms with van der Waals surface area (Å²) in [5.74, 6) is 1.76. The minimum absolute atomic E-state index is 0. The Labute approximate surface area is 150 Å². The maximum atomic E-state index is 12.4. The predicted octanol–water partition coefficient (Wildman–Crippen LogP) is 2.81. The van der Waals surface area contributed by atoms with Crippen LogP contribution in [0.5, 0.6) is 11.5 Å². The average molecular weight is 357 g/mol. The van der Waals surface area contributed by atoms with Crippen LogP contribution in [0, 0.1) is 11.8 Å². The van der Waals surface area contributed by atoms with E-state index >= 15 is 0 Å². The fourth-order valence-corrected chi connectivity index (χ4v) is 3.21. The number of carbonyl (C=O) groups excluding carboxylic acids is 1. The van der Waals surface area contributed by atoms with E-state index in [0.29, 0.717) is 30.6 Å². The van der Waals surface area contributed by atoms with Crippen molar-refractivity contribution in [3.05, 3.63) is 23.8 Å². The summed E-state index contributed by atoms with van der Waals surface area (Å²) in [6.45, 7) is 4.80. The zero-order valence-electron chi connectivity index (χ0n) is 14.7. The van der Waals surface area contributed by atoms with Gasteiger partial charge in [-0.05, 0) is 55.5 Å². The molecule has 2 N–H and O–H groups in total. The van der Waals surface area contributed by atoms with Crippen molar-refractivity contribution in [3.63, 3.8) is 0 Å². The Kier molecular flexibility index (Phi) is 8.36. The third-order valence-electron chi connectivity index (χ3n) is 4.77. The second kappa shape index (κ2) is 9.74. The van der Waals surface area contributed by atoms with Crippen LogP contribution in [0.15, 0.2) is 18.2 Å². The van der Waals surface area contributed by atoms with E-state index in [2.05, 4.69) is 12.2 Å². The molecule has 1 atom stereocenters. The number of halogens is 1. The summed E-state index contributed by atoms with van der Waals surface area (Å²) in [5.41, 5.74) is 0.897. The summed E-state index contributed by atoms with van der Waals surface area (Å²) >= 11 is 0. The zero-order chi connectivity index (χ0) is 16.8. The molecule has 1 fully saturated rings. The van der Waals surface area contributed by atoms with Crippen LogP contribution in [0.25, 0.3) is 0 Å². The van der Waals surface area contributed by atoms with Gasteiger partial charge in [0.05, 0.1) is 7.11 Å². The van der Waals surface area contributed by atoms with E-state index in [1.54, 1.807) is 17.0 Å². The van der Waals surface area contributed by atoms with E-state index in [4.69, 9.17) is 4.74 Å². The highest BCUT2D eigenvalue weighted by atomic mass is 35.5. The Morgan fingerprint density at radius 1 is 1.42 bits per heavy atom. The predicted molar refractivity (Wildman–Crippen MR) is 97.8 cm³/mol. The number of benzene rings is 1. The molecule has 1 saturated heterocycles. The molecular weight excluding hydrogens is 328 g/mol. The SMILES string of the molecule is COc1ccc(CN(C)C(=O)CC(C)C2CCNCC2)cc1O.Cl. The number of methoxy groups -OCH3 is 1. The Hall–Kier alpha value is -1.46. The number of nitrogens with zero attached hydrogens (tertiary/aromatic N) is 1. The molecule has 0 aliphatic carbocycles. The monoisotopic (exact) mass is 356 g/mol. The van der Waals surface area contributed by atoms with E-state index in [1.165, 1.54) is 7.11 Å². The minimum Gasteiger partial charge on any atom is -0.504 e. The fourth-order valence-electron chi connectivity index (χ4n) is 3.21. The van der Waals surface area contributed by atoms with Crippen LogP contribution in [-0.4, -0.2) is 43.2 Å². The molecule has 5 nitrogen and oxygen atoms in total. The molecule has 0 aromatic heterocycles. The molecule has 24 heavy (non-hydrogen) atoms. The Morgan fingerprint density at radius 3 is 2.67 bits per heavy atom. The van der Waals surface area contributed by atoms with Gasteiger partial charge in [-0.3, -0.25) is 4.79 Å². The highest BCUT2D eigenvalue weighted by Crippen LogP contribution is 2.27. The summed E-state index contributed by atoms with van der Waals surface area (Å²) < 4.78 is 5.04. The van der Waals surface area contributed by atoms with Crippen LogP contribution in [0.3, 0.4) is 0 Å². The first-order valence-corrected chi connectivity index (χ1v) is 8.31. The molecular formula is C18H29ClN2O3. The lowest BCUT2D eigenvalue weighted by atomic mass is 9.84. The van der Waals surface area contributed by atoms with Crippen LogP contribution >= 0.6 is 12.4 Å². The minimum atomic E-state index is 0. The van der Waals surface area contributed by atoms with Crippen molar-refractivity contribution in [1.29, 1.82) is 0 Å². The van der Waals surface area contributed by atoms with Gasteiger partial charge in [-0.25, -0.2) is 0 Å². The van der Waals surface area contributed by atoms with Gasteiger partial charge in [-0.1, -0.05) is 13.0 Å². The molecule has 1 unspecified atom stereocenters. The molecule has 1 aromatic rings. The van der Waals surface area contributed by atoms with E-state index in [-0.39, 0.29) is 24.1 Å². The van der Waals surface area contributed by atoms with Gasteiger partial charge in [-0.2, -0.15) is 0 Å². The van der Waals surface area contributed by atoms with E-state index in [9.17, 15) is 9.90 Å². The maximum Gasteiger partial charge on any atom is 0.222 e. The molecule has 6 heteroatoms. The highest BCUT2D eigenvalue weighted by Gasteiger charge is 2.23. The van der Waals surface area contributed by atoms with Crippen molar-refractivity contribution in [2.24, 2.45) is 11.8 Å². The van der Waals surface area contributed by atoms with Gasteiger partial charge in [0.15, 0.2) is 11.5 Å². The van der Waals surface area contributed by atoms with Crippen LogP contribution < -0.4 is 10.1 Å². The van der Waals surface area contributed by atoms with Gasteiger partial charge in [-0.15, -0.1) is 12.4 Å². The summed E-state index contributed by atoms with van der Waals surface area (Å²) in [6, 6.07) is 5.25. The van der Waals surface area contributed by atoms with Gasteiger partial charge in [0.2, 0.25) is 5.91 Å². The zero-order valence-corrected chi connectivity index (χ0v) is 15.6. The average Bonchev–Trinajstić information content (AvgIpc) is 2.55. The molecule has 0 radical (unpaired) electrons. The number of piperidine rings is 1. The number of phenolic OH excluding ortho intramolecular Hbond substituents is 1. The number of rotatable bonds is 6. The number of aromatic hydroxyl groups is 1. The Morgan fingerprint density at radius 2 is 2.08 bits per heavy atom. The van der Waals surface area contributed by atoms with Crippen LogP contribution in [0.2, 0.25) is 0 Å². The molecule has 0 spiro atoms. The van der Waals surface area contributed by atoms with Crippen molar-refractivity contribution >= 4 is 18.3 Å². The molecule has 1 aliphatic rings. The van der Waals surface area contributed by atoms with Crippen molar-refractivity contribution in [2.45, 2.75) is 32.7 Å². The number of phenols is 1. The smallest absolute Gasteiger partial charge is 0.222 e. The van der Waals surface area contributed by atoms with E-state index in [0.717, 1.165) is 31.5 Å². The van der Waals surface area contributed by atoms with Crippen molar-refractivity contribution in [3.8, 4) is 11.5 Å². The number of nitrogens with one attached hydrogen (secondary N) is 1. The number of ether oxygens (including phenoxy) is 1. The number of amides is 1. The standard InChI is InChI=1S/C18H28N2O3.ClH/c1-13(15-6-8-19-9-7-15)10-18(22)20(2)12-14-4-5-17(23-3)16(21)11-14;/h4-5,11,13,15,19,21H,6-10,12H2,1-3H3;1H. The molecule has 1 amide bonds. The molecule has 136 valence electrons. The van der Waals surface area contributed by atoms with Gasteiger partial charge in [0.1, 0.15) is 0 Å². The molecule has 0 bridgehead atoms. The van der Waals surface area contributed by atoms with Crippen molar-refractivity contribution in [2.75, 3.05) is 27.2 Å². The first-order chi connectivity index (χ1) is 11.0. The third-order valence-corrected chi connectivity index (χ3v) is 4.77. The Balaban J connectivity index is 0.00000288. The topological polar surface area (TPSA) is 61.8 Å². The van der Waals surface area contributed by atoms with Gasteiger partial charge < -0.3 is 20.1 Å². The third kappa shape index (κ3) is 5.56. The first kappa shape index (κ1) is 20.6. The number of carbonyl (C=O) groups is 1. The molecule has 2 rings (SSSR count). The van der Waals surface area contributed by atoms with Crippen molar-refractivity contribution in [1.82, 2.24) is 10.2 Å². The Bertz CT molecular complexity index is 533. The van der Waals surface area contributed by atoms with Crippen molar-refractivity contribution < 1.29 is 14.6 Å². The first-order valence-electron chi connectivity index (χ1n) is 8.31. The molecule has 1 heterocycles.